The molecule has 0 atom stereocenters. The normalized spacial score (nSPS) is 14.3. The molecule has 0 radical (unpaired) electrons. The molecular formula is C21H27FIN5O. The van der Waals surface area contributed by atoms with Crippen molar-refractivity contribution in [2.24, 2.45) is 10.7 Å². The summed E-state index contributed by atoms with van der Waals surface area (Å²) in [4.78, 5) is 20.2. The van der Waals surface area contributed by atoms with Crippen LogP contribution in [-0.4, -0.2) is 49.5 Å². The number of rotatable bonds is 5. The van der Waals surface area contributed by atoms with E-state index in [4.69, 9.17) is 10.7 Å². The van der Waals surface area contributed by atoms with Crippen LogP contribution < -0.4 is 16.0 Å². The van der Waals surface area contributed by atoms with Gasteiger partial charge in [-0.1, -0.05) is 24.3 Å². The Bertz CT molecular complexity index is 835. The van der Waals surface area contributed by atoms with Crippen LogP contribution in [0.4, 0.5) is 10.1 Å². The smallest absolute Gasteiger partial charge is 0.248 e. The van der Waals surface area contributed by atoms with Gasteiger partial charge >= 0.3 is 0 Å². The molecule has 2 aromatic rings. The zero-order valence-electron chi connectivity index (χ0n) is 16.5. The Kier molecular flexibility index (Phi) is 8.69. The second kappa shape index (κ2) is 11.0. The minimum Gasteiger partial charge on any atom is -0.366 e. The summed E-state index contributed by atoms with van der Waals surface area (Å²) < 4.78 is 14.0. The predicted octanol–water partition coefficient (Wildman–Crippen LogP) is 2.83. The first-order chi connectivity index (χ1) is 13.6. The summed E-state index contributed by atoms with van der Waals surface area (Å²) in [6.45, 7) is 6.31. The van der Waals surface area contributed by atoms with E-state index in [0.717, 1.165) is 44.2 Å². The molecule has 0 spiro atoms. The lowest BCUT2D eigenvalue weighted by molar-refractivity contribution is 0.100. The van der Waals surface area contributed by atoms with Crippen molar-refractivity contribution in [3.05, 3.63) is 65.5 Å². The maximum Gasteiger partial charge on any atom is 0.248 e. The Hall–Kier alpha value is -2.36. The van der Waals surface area contributed by atoms with Gasteiger partial charge < -0.3 is 20.9 Å². The van der Waals surface area contributed by atoms with E-state index >= 15 is 0 Å². The van der Waals surface area contributed by atoms with E-state index in [1.807, 2.05) is 31.2 Å². The molecular weight excluding hydrogens is 484 g/mol. The van der Waals surface area contributed by atoms with Gasteiger partial charge in [0.05, 0.1) is 12.2 Å². The van der Waals surface area contributed by atoms with Gasteiger partial charge in [0, 0.05) is 38.3 Å². The standard InChI is InChI=1S/C21H26FN5O.HI/c1-2-24-21(25-15-16-7-9-17(10-8-16)20(23)28)27-13-11-26(12-14-27)19-6-4-3-5-18(19)22;/h3-10H,2,11-15H2,1H3,(H2,23,28)(H,24,25);1H. The van der Waals surface area contributed by atoms with Crippen LogP contribution in [0.1, 0.15) is 22.8 Å². The molecule has 0 bridgehead atoms. The zero-order chi connectivity index (χ0) is 19.9. The van der Waals surface area contributed by atoms with Gasteiger partial charge in [-0.05, 0) is 36.8 Å². The fourth-order valence-corrected chi connectivity index (χ4v) is 3.23. The highest BCUT2D eigenvalue weighted by atomic mass is 127. The molecule has 0 unspecified atom stereocenters. The molecule has 2 aromatic carbocycles. The maximum atomic E-state index is 14.0. The van der Waals surface area contributed by atoms with Crippen LogP contribution in [0.25, 0.3) is 0 Å². The van der Waals surface area contributed by atoms with Gasteiger partial charge in [-0.15, -0.1) is 24.0 Å². The van der Waals surface area contributed by atoms with Gasteiger partial charge in [0.15, 0.2) is 5.96 Å². The van der Waals surface area contributed by atoms with E-state index in [9.17, 15) is 9.18 Å². The van der Waals surface area contributed by atoms with Crippen molar-refractivity contribution >= 4 is 41.5 Å². The maximum absolute atomic E-state index is 14.0. The highest BCUT2D eigenvalue weighted by Gasteiger charge is 2.21. The Morgan fingerprint density at radius 1 is 1.10 bits per heavy atom. The second-order valence-corrected chi connectivity index (χ2v) is 6.66. The van der Waals surface area contributed by atoms with Crippen LogP contribution in [0.5, 0.6) is 0 Å². The Morgan fingerprint density at radius 2 is 1.76 bits per heavy atom. The van der Waals surface area contributed by atoms with Crippen LogP contribution in [-0.2, 0) is 6.54 Å². The van der Waals surface area contributed by atoms with Crippen molar-refractivity contribution in [3.63, 3.8) is 0 Å². The Labute approximate surface area is 188 Å². The van der Waals surface area contributed by atoms with Crippen molar-refractivity contribution in [2.45, 2.75) is 13.5 Å². The van der Waals surface area contributed by atoms with Gasteiger partial charge in [0.2, 0.25) is 5.91 Å². The Balaban J connectivity index is 0.00000300. The number of piperazine rings is 1. The SMILES string of the molecule is CCNC(=NCc1ccc(C(N)=O)cc1)N1CCN(c2ccccc2F)CC1.I. The monoisotopic (exact) mass is 511 g/mol. The van der Waals surface area contributed by atoms with Gasteiger partial charge in [-0.25, -0.2) is 9.38 Å². The van der Waals surface area contributed by atoms with Crippen LogP contribution >= 0.6 is 24.0 Å². The number of para-hydroxylation sites is 1. The summed E-state index contributed by atoms with van der Waals surface area (Å²) in [7, 11) is 0. The average Bonchev–Trinajstić information content (AvgIpc) is 2.72. The number of nitrogens with two attached hydrogens (primary N) is 1. The largest absolute Gasteiger partial charge is 0.366 e. The van der Waals surface area contributed by atoms with Crippen LogP contribution in [0.3, 0.4) is 0 Å². The summed E-state index contributed by atoms with van der Waals surface area (Å²) in [6, 6.07) is 14.0. The number of primary amides is 1. The molecule has 8 heteroatoms. The topological polar surface area (TPSA) is 74.0 Å². The third-order valence-corrected chi connectivity index (χ3v) is 4.76. The first-order valence-electron chi connectivity index (χ1n) is 9.50. The molecule has 1 heterocycles. The number of hydrogen-bond donors (Lipinski definition) is 2. The molecule has 3 N–H and O–H groups in total. The number of carbonyl (C=O) groups excluding carboxylic acids is 1. The molecule has 1 aliphatic heterocycles. The van der Waals surface area contributed by atoms with Crippen molar-refractivity contribution in [1.29, 1.82) is 0 Å². The predicted molar refractivity (Wildman–Crippen MR) is 125 cm³/mol. The minimum atomic E-state index is -0.434. The molecule has 1 saturated heterocycles. The van der Waals surface area contributed by atoms with Gasteiger partial charge in [-0.2, -0.15) is 0 Å². The summed E-state index contributed by atoms with van der Waals surface area (Å²) in [5.74, 6) is 0.224. The molecule has 0 aliphatic carbocycles. The van der Waals surface area contributed by atoms with E-state index in [2.05, 4.69) is 15.1 Å². The third-order valence-electron chi connectivity index (χ3n) is 4.76. The van der Waals surface area contributed by atoms with Gasteiger partial charge in [0.1, 0.15) is 5.82 Å². The van der Waals surface area contributed by atoms with Crippen LogP contribution in [0.2, 0.25) is 0 Å². The molecule has 3 rings (SSSR count). The number of nitrogens with zero attached hydrogens (tertiary/aromatic N) is 3. The van der Waals surface area contributed by atoms with E-state index in [1.54, 1.807) is 18.2 Å². The highest BCUT2D eigenvalue weighted by Crippen LogP contribution is 2.20. The van der Waals surface area contributed by atoms with Gasteiger partial charge in [-0.3, -0.25) is 4.79 Å². The second-order valence-electron chi connectivity index (χ2n) is 6.66. The highest BCUT2D eigenvalue weighted by molar-refractivity contribution is 14.0. The van der Waals surface area contributed by atoms with E-state index in [0.29, 0.717) is 17.8 Å². The fourth-order valence-electron chi connectivity index (χ4n) is 3.23. The first kappa shape index (κ1) is 22.9. The molecule has 1 fully saturated rings. The number of hydrogen-bond acceptors (Lipinski definition) is 3. The number of benzene rings is 2. The van der Waals surface area contributed by atoms with Crippen molar-refractivity contribution in [3.8, 4) is 0 Å². The lowest BCUT2D eigenvalue weighted by atomic mass is 10.1. The van der Waals surface area contributed by atoms with Crippen molar-refractivity contribution in [2.75, 3.05) is 37.6 Å². The Morgan fingerprint density at radius 3 is 2.34 bits per heavy atom. The number of anilines is 1. The molecule has 0 saturated carbocycles. The molecule has 1 amide bonds. The number of nitrogens with one attached hydrogen (secondary N) is 1. The van der Waals surface area contributed by atoms with E-state index < -0.39 is 5.91 Å². The van der Waals surface area contributed by atoms with Crippen LogP contribution in [0, 0.1) is 5.82 Å². The summed E-state index contributed by atoms with van der Waals surface area (Å²) >= 11 is 0. The lowest BCUT2D eigenvalue weighted by Crippen LogP contribution is -2.52. The average molecular weight is 511 g/mol. The molecule has 6 nitrogen and oxygen atoms in total. The number of guanidine groups is 1. The van der Waals surface area contributed by atoms with Gasteiger partial charge in [0.25, 0.3) is 0 Å². The van der Waals surface area contributed by atoms with Crippen LogP contribution in [0.15, 0.2) is 53.5 Å². The number of aliphatic imine (C=N–C) groups is 1. The number of halogens is 2. The zero-order valence-corrected chi connectivity index (χ0v) is 18.8. The van der Waals surface area contributed by atoms with E-state index in [1.165, 1.54) is 6.07 Å². The quantitative estimate of drug-likeness (QED) is 0.368. The molecule has 156 valence electrons. The summed E-state index contributed by atoms with van der Waals surface area (Å²) in [6.07, 6.45) is 0. The number of carbonyl (C=O) groups is 1. The van der Waals surface area contributed by atoms with E-state index in [-0.39, 0.29) is 29.8 Å². The lowest BCUT2D eigenvalue weighted by Gasteiger charge is -2.37. The summed E-state index contributed by atoms with van der Waals surface area (Å²) in [5.41, 5.74) is 7.42. The number of amides is 1. The minimum absolute atomic E-state index is 0. The third kappa shape index (κ3) is 6.06. The van der Waals surface area contributed by atoms with Crippen molar-refractivity contribution in [1.82, 2.24) is 10.2 Å². The first-order valence-corrected chi connectivity index (χ1v) is 9.50. The molecule has 29 heavy (non-hydrogen) atoms. The fraction of sp³-hybridized carbons (Fsp3) is 0.333. The van der Waals surface area contributed by atoms with Crippen molar-refractivity contribution < 1.29 is 9.18 Å². The summed E-state index contributed by atoms with van der Waals surface area (Å²) in [5, 5.41) is 3.33. The molecule has 1 aliphatic rings. The molecule has 0 aromatic heterocycles.